The molecule has 1 aromatic rings. The number of sulfonamides is 1. The summed E-state index contributed by atoms with van der Waals surface area (Å²) in [6, 6.07) is 5.27. The molecule has 0 saturated heterocycles. The van der Waals surface area contributed by atoms with Crippen LogP contribution in [0.4, 0.5) is 13.2 Å². The average molecular weight is 405 g/mol. The second-order valence-electron chi connectivity index (χ2n) is 6.36. The minimum absolute atomic E-state index is 0.0456. The zero-order chi connectivity index (χ0) is 20.2. The Hall–Kier alpha value is -2.10. The lowest BCUT2D eigenvalue weighted by Crippen LogP contribution is -2.38. The van der Waals surface area contributed by atoms with Gasteiger partial charge >= 0.3 is 6.18 Å². The normalized spacial score (nSPS) is 18.0. The summed E-state index contributed by atoms with van der Waals surface area (Å²) in [4.78, 5) is 17.9. The molecule has 0 radical (unpaired) electrons. The van der Waals surface area contributed by atoms with Gasteiger partial charge in [0.1, 0.15) is 11.9 Å². The molecule has 2 rings (SSSR count). The predicted molar refractivity (Wildman–Crippen MR) is 94.9 cm³/mol. The monoisotopic (exact) mass is 405 g/mol. The number of fused-ring (bicyclic) bond motifs is 1. The topological polar surface area (TPSA) is 78.8 Å². The van der Waals surface area contributed by atoms with Crippen molar-refractivity contribution in [2.75, 3.05) is 13.6 Å². The van der Waals surface area contributed by atoms with E-state index in [9.17, 15) is 26.4 Å². The molecule has 0 aromatic heterocycles. The molecule has 1 N–H and O–H groups in total. The van der Waals surface area contributed by atoms with E-state index in [4.69, 9.17) is 0 Å². The number of rotatable bonds is 7. The number of hydrogen-bond acceptors (Lipinski definition) is 4. The highest BCUT2D eigenvalue weighted by Gasteiger charge is 2.33. The zero-order valence-electron chi connectivity index (χ0n) is 15.1. The molecule has 10 heteroatoms. The molecule has 6 nitrogen and oxygen atoms in total. The van der Waals surface area contributed by atoms with E-state index in [1.54, 1.807) is 18.2 Å². The van der Waals surface area contributed by atoms with Crippen LogP contribution >= 0.6 is 0 Å². The minimum atomic E-state index is -4.36. The maximum Gasteiger partial charge on any atom is 0.390 e. The van der Waals surface area contributed by atoms with E-state index in [0.29, 0.717) is 18.4 Å². The van der Waals surface area contributed by atoms with Gasteiger partial charge in [0.2, 0.25) is 5.91 Å². The Balaban J connectivity index is 2.27. The first-order valence-electron chi connectivity index (χ1n) is 8.57. The molecule has 0 fully saturated rings. The van der Waals surface area contributed by atoms with E-state index < -0.39 is 41.1 Å². The van der Waals surface area contributed by atoms with Crippen LogP contribution < -0.4 is 4.72 Å². The van der Waals surface area contributed by atoms with Crippen LogP contribution in [0, 0.1) is 0 Å². The Morgan fingerprint density at radius 1 is 1.30 bits per heavy atom. The summed E-state index contributed by atoms with van der Waals surface area (Å²) >= 11 is 0. The van der Waals surface area contributed by atoms with Crippen molar-refractivity contribution in [3.05, 3.63) is 29.8 Å². The fourth-order valence-corrected chi connectivity index (χ4v) is 3.92. The molecular formula is C17H22F3N3O3S. The van der Waals surface area contributed by atoms with Crippen molar-refractivity contribution in [1.29, 1.82) is 0 Å². The third-order valence-corrected chi connectivity index (χ3v) is 5.57. The lowest BCUT2D eigenvalue weighted by molar-refractivity contribution is -0.144. The highest BCUT2D eigenvalue weighted by Crippen LogP contribution is 2.24. The van der Waals surface area contributed by atoms with Crippen LogP contribution in [0.5, 0.6) is 0 Å². The van der Waals surface area contributed by atoms with Crippen molar-refractivity contribution >= 4 is 21.8 Å². The summed E-state index contributed by atoms with van der Waals surface area (Å²) in [5, 5.41) is 0. The molecule has 1 heterocycles. The summed E-state index contributed by atoms with van der Waals surface area (Å²) in [5.41, 5.74) is 0.352. The van der Waals surface area contributed by atoms with Gasteiger partial charge in [-0.1, -0.05) is 31.9 Å². The van der Waals surface area contributed by atoms with Crippen molar-refractivity contribution < 1.29 is 26.4 Å². The van der Waals surface area contributed by atoms with Crippen molar-refractivity contribution in [2.45, 2.75) is 49.7 Å². The Bertz CT molecular complexity index is 822. The summed E-state index contributed by atoms with van der Waals surface area (Å²) in [7, 11) is -2.46. The van der Waals surface area contributed by atoms with Crippen LogP contribution in [-0.4, -0.2) is 50.9 Å². The summed E-state index contributed by atoms with van der Waals surface area (Å²) in [6.45, 7) is 1.44. The molecular weight excluding hydrogens is 383 g/mol. The van der Waals surface area contributed by atoms with Gasteiger partial charge in [-0.2, -0.15) is 13.2 Å². The van der Waals surface area contributed by atoms with Gasteiger partial charge in [0.15, 0.2) is 0 Å². The minimum Gasteiger partial charge on any atom is -0.344 e. The summed E-state index contributed by atoms with van der Waals surface area (Å²) in [5.74, 6) is -0.520. The van der Waals surface area contributed by atoms with E-state index in [2.05, 4.69) is 9.71 Å². The number of likely N-dealkylation sites (N-methyl/N-ethyl adjacent to an activating group) is 1. The molecule has 0 saturated carbocycles. The largest absolute Gasteiger partial charge is 0.390 e. The Kier molecular flexibility index (Phi) is 6.50. The number of amidine groups is 1. The van der Waals surface area contributed by atoms with Gasteiger partial charge in [0.25, 0.3) is 10.0 Å². The zero-order valence-corrected chi connectivity index (χ0v) is 15.9. The Morgan fingerprint density at radius 3 is 2.59 bits per heavy atom. The summed E-state index contributed by atoms with van der Waals surface area (Å²) in [6.07, 6.45) is -3.75. The standard InChI is InChI=1S/C17H22F3N3O3S/c1-3-4-8-13(16(24)23(2)11-10-17(18,19)20)21-15-12-7-5-6-9-14(12)27(25,26)22-15/h5-7,9,13H,3-4,8,10-11H2,1-2H3,(H,21,22). The highest BCUT2D eigenvalue weighted by atomic mass is 32.2. The van der Waals surface area contributed by atoms with E-state index in [-0.39, 0.29) is 10.7 Å². The molecule has 27 heavy (non-hydrogen) atoms. The number of alkyl halides is 3. The molecule has 1 atom stereocenters. The van der Waals surface area contributed by atoms with Crippen LogP contribution in [0.15, 0.2) is 34.2 Å². The van der Waals surface area contributed by atoms with Crippen LogP contribution in [-0.2, 0) is 14.8 Å². The van der Waals surface area contributed by atoms with Gasteiger partial charge in [-0.25, -0.2) is 8.42 Å². The average Bonchev–Trinajstić information content (AvgIpc) is 2.86. The quantitative estimate of drug-likeness (QED) is 0.758. The molecule has 1 unspecified atom stereocenters. The van der Waals surface area contributed by atoms with Gasteiger partial charge in [0, 0.05) is 19.2 Å². The lowest BCUT2D eigenvalue weighted by atomic mass is 10.1. The molecule has 0 bridgehead atoms. The molecule has 1 aromatic carbocycles. The smallest absolute Gasteiger partial charge is 0.344 e. The number of carbonyl (C=O) groups excluding carboxylic acids is 1. The lowest BCUT2D eigenvalue weighted by Gasteiger charge is -2.22. The molecule has 1 aliphatic heterocycles. The van der Waals surface area contributed by atoms with Crippen molar-refractivity contribution in [1.82, 2.24) is 9.62 Å². The first-order valence-corrected chi connectivity index (χ1v) is 10.0. The highest BCUT2D eigenvalue weighted by molar-refractivity contribution is 7.90. The molecule has 0 aliphatic carbocycles. The Labute approximate surface area is 156 Å². The van der Waals surface area contributed by atoms with Crippen LogP contribution in [0.2, 0.25) is 0 Å². The maximum atomic E-state index is 12.6. The number of unbranched alkanes of at least 4 members (excludes halogenated alkanes) is 1. The van der Waals surface area contributed by atoms with Crippen molar-refractivity contribution in [3.8, 4) is 0 Å². The number of nitrogens with zero attached hydrogens (tertiary/aromatic N) is 2. The van der Waals surface area contributed by atoms with Gasteiger partial charge < -0.3 is 4.90 Å². The first kappa shape index (κ1) is 21.2. The van der Waals surface area contributed by atoms with Gasteiger partial charge in [-0.15, -0.1) is 0 Å². The van der Waals surface area contributed by atoms with Gasteiger partial charge in [-0.05, 0) is 18.6 Å². The molecule has 1 amide bonds. The number of benzene rings is 1. The Morgan fingerprint density at radius 2 is 1.96 bits per heavy atom. The number of nitrogens with one attached hydrogen (secondary N) is 1. The van der Waals surface area contributed by atoms with Crippen molar-refractivity contribution in [2.24, 2.45) is 4.99 Å². The SMILES string of the molecule is CCCCC(N=C1NS(=O)(=O)c2ccccc21)C(=O)N(C)CCC(F)(F)F. The maximum absolute atomic E-state index is 12.6. The predicted octanol–water partition coefficient (Wildman–Crippen LogP) is 2.69. The number of halogens is 3. The van der Waals surface area contributed by atoms with E-state index >= 15 is 0 Å². The number of amides is 1. The molecule has 150 valence electrons. The fraction of sp³-hybridized carbons (Fsp3) is 0.529. The number of hydrogen-bond donors (Lipinski definition) is 1. The van der Waals surface area contributed by atoms with Gasteiger partial charge in [0.05, 0.1) is 11.3 Å². The van der Waals surface area contributed by atoms with Crippen molar-refractivity contribution in [3.63, 3.8) is 0 Å². The fourth-order valence-electron chi connectivity index (χ4n) is 2.69. The number of carbonyl (C=O) groups is 1. The second-order valence-corrected chi connectivity index (χ2v) is 8.01. The first-order chi connectivity index (χ1) is 12.5. The third-order valence-electron chi connectivity index (χ3n) is 4.17. The summed E-state index contributed by atoms with van der Waals surface area (Å²) < 4.78 is 63.9. The molecule has 0 spiro atoms. The second kappa shape index (κ2) is 8.28. The van der Waals surface area contributed by atoms with Crippen LogP contribution in [0.3, 0.4) is 0 Å². The van der Waals surface area contributed by atoms with Gasteiger partial charge in [-0.3, -0.25) is 14.5 Å². The van der Waals surface area contributed by atoms with Crippen LogP contribution in [0.1, 0.15) is 38.2 Å². The third kappa shape index (κ3) is 5.44. The van der Waals surface area contributed by atoms with Crippen LogP contribution in [0.25, 0.3) is 0 Å². The molecule has 1 aliphatic rings. The van der Waals surface area contributed by atoms with E-state index in [1.807, 2.05) is 6.92 Å². The van der Waals surface area contributed by atoms with E-state index in [0.717, 1.165) is 11.3 Å². The number of aliphatic imine (C=N–C) groups is 1. The van der Waals surface area contributed by atoms with E-state index in [1.165, 1.54) is 13.1 Å².